The zero-order valence-corrected chi connectivity index (χ0v) is 15.5. The molecule has 1 aromatic carbocycles. The fourth-order valence-electron chi connectivity index (χ4n) is 3.43. The predicted molar refractivity (Wildman–Crippen MR) is 105 cm³/mol. The molecule has 0 amide bonds. The third kappa shape index (κ3) is 3.42. The van der Waals surface area contributed by atoms with Gasteiger partial charge in [0.1, 0.15) is 17.4 Å². The van der Waals surface area contributed by atoms with E-state index in [0.717, 1.165) is 49.6 Å². The van der Waals surface area contributed by atoms with Crippen molar-refractivity contribution in [2.75, 3.05) is 29.9 Å². The van der Waals surface area contributed by atoms with Gasteiger partial charge in [-0.1, -0.05) is 30.3 Å². The van der Waals surface area contributed by atoms with Crippen LogP contribution in [0.15, 0.2) is 36.7 Å². The van der Waals surface area contributed by atoms with Crippen LogP contribution in [-0.4, -0.2) is 40.1 Å². The van der Waals surface area contributed by atoms with Crippen LogP contribution in [0.1, 0.15) is 24.8 Å². The Morgan fingerprint density at radius 3 is 2.54 bits per heavy atom. The summed E-state index contributed by atoms with van der Waals surface area (Å²) in [6, 6.07) is 10.3. The van der Waals surface area contributed by atoms with E-state index in [1.54, 1.807) is 6.33 Å². The molecule has 1 aliphatic rings. The maximum Gasteiger partial charge on any atom is 0.225 e. The number of aromatic nitrogens is 4. The first-order valence-electron chi connectivity index (χ1n) is 8.90. The Balaban J connectivity index is 1.75. The zero-order chi connectivity index (χ0) is 17.9. The van der Waals surface area contributed by atoms with Crippen molar-refractivity contribution >= 4 is 34.3 Å². The highest BCUT2D eigenvalue weighted by molar-refractivity contribution is 6.29. The molecule has 1 fully saturated rings. The summed E-state index contributed by atoms with van der Waals surface area (Å²) in [4.78, 5) is 22.2. The standard InChI is InChI=1S/C19H21ClN6/c1-25(12-14-8-4-2-5-9-14)17-16-15(21-13-22-17)18(24-19(20)23-16)26-10-6-3-7-11-26/h2,4-5,8-9,13H,3,6-7,10-12H2,1H3. The van der Waals surface area contributed by atoms with Gasteiger partial charge in [0.25, 0.3) is 0 Å². The molecule has 0 radical (unpaired) electrons. The number of anilines is 2. The van der Waals surface area contributed by atoms with E-state index in [0.29, 0.717) is 5.52 Å². The van der Waals surface area contributed by atoms with Gasteiger partial charge >= 0.3 is 0 Å². The lowest BCUT2D eigenvalue weighted by Gasteiger charge is -2.28. The highest BCUT2D eigenvalue weighted by atomic mass is 35.5. The summed E-state index contributed by atoms with van der Waals surface area (Å²) in [5.41, 5.74) is 2.67. The number of fused-ring (bicyclic) bond motifs is 1. The van der Waals surface area contributed by atoms with E-state index < -0.39 is 0 Å². The van der Waals surface area contributed by atoms with Gasteiger partial charge in [0, 0.05) is 26.7 Å². The van der Waals surface area contributed by atoms with Gasteiger partial charge in [-0.2, -0.15) is 4.98 Å². The molecule has 3 heterocycles. The first-order chi connectivity index (χ1) is 12.7. The summed E-state index contributed by atoms with van der Waals surface area (Å²) >= 11 is 6.26. The minimum absolute atomic E-state index is 0.238. The molecule has 6 nitrogen and oxygen atoms in total. The van der Waals surface area contributed by atoms with Crippen LogP contribution in [0, 0.1) is 0 Å². The second-order valence-corrected chi connectivity index (χ2v) is 6.94. The van der Waals surface area contributed by atoms with Crippen LogP contribution in [-0.2, 0) is 6.54 Å². The van der Waals surface area contributed by atoms with Gasteiger partial charge < -0.3 is 9.80 Å². The number of piperidine rings is 1. The van der Waals surface area contributed by atoms with Crippen LogP contribution in [0.25, 0.3) is 11.0 Å². The molecule has 1 aliphatic heterocycles. The average Bonchev–Trinajstić information content (AvgIpc) is 2.68. The molecule has 0 aliphatic carbocycles. The van der Waals surface area contributed by atoms with E-state index in [9.17, 15) is 0 Å². The van der Waals surface area contributed by atoms with Crippen molar-refractivity contribution in [1.82, 2.24) is 19.9 Å². The van der Waals surface area contributed by atoms with E-state index in [1.807, 2.05) is 25.2 Å². The molecular formula is C19H21ClN6. The van der Waals surface area contributed by atoms with Gasteiger partial charge in [-0.25, -0.2) is 15.0 Å². The highest BCUT2D eigenvalue weighted by Gasteiger charge is 2.20. The van der Waals surface area contributed by atoms with Crippen molar-refractivity contribution in [3.63, 3.8) is 0 Å². The van der Waals surface area contributed by atoms with Gasteiger partial charge in [-0.05, 0) is 36.4 Å². The second-order valence-electron chi connectivity index (χ2n) is 6.60. The van der Waals surface area contributed by atoms with Crippen molar-refractivity contribution < 1.29 is 0 Å². The summed E-state index contributed by atoms with van der Waals surface area (Å²) < 4.78 is 0. The van der Waals surface area contributed by atoms with Crippen LogP contribution in [0.5, 0.6) is 0 Å². The van der Waals surface area contributed by atoms with Crippen molar-refractivity contribution in [1.29, 1.82) is 0 Å². The number of rotatable bonds is 4. The van der Waals surface area contributed by atoms with Crippen molar-refractivity contribution in [2.45, 2.75) is 25.8 Å². The Morgan fingerprint density at radius 2 is 1.77 bits per heavy atom. The lowest BCUT2D eigenvalue weighted by atomic mass is 10.1. The summed E-state index contributed by atoms with van der Waals surface area (Å²) in [6.45, 7) is 2.68. The third-order valence-electron chi connectivity index (χ3n) is 4.70. The van der Waals surface area contributed by atoms with Crippen molar-refractivity contribution in [3.05, 3.63) is 47.5 Å². The highest BCUT2D eigenvalue weighted by Crippen LogP contribution is 2.30. The number of halogens is 1. The lowest BCUT2D eigenvalue weighted by Crippen LogP contribution is -2.30. The Morgan fingerprint density at radius 1 is 1.00 bits per heavy atom. The summed E-state index contributed by atoms with van der Waals surface area (Å²) in [5.74, 6) is 1.58. The van der Waals surface area contributed by atoms with Crippen LogP contribution < -0.4 is 9.80 Å². The molecule has 0 atom stereocenters. The normalized spacial score (nSPS) is 14.6. The minimum Gasteiger partial charge on any atom is -0.355 e. The molecule has 0 spiro atoms. The summed E-state index contributed by atoms with van der Waals surface area (Å²) in [6.07, 6.45) is 5.17. The van der Waals surface area contributed by atoms with Crippen LogP contribution >= 0.6 is 11.6 Å². The maximum absolute atomic E-state index is 6.26. The Hall–Kier alpha value is -2.47. The zero-order valence-electron chi connectivity index (χ0n) is 14.8. The van der Waals surface area contributed by atoms with Crippen molar-refractivity contribution in [3.8, 4) is 0 Å². The molecule has 0 bridgehead atoms. The first-order valence-corrected chi connectivity index (χ1v) is 9.28. The largest absolute Gasteiger partial charge is 0.355 e. The first kappa shape index (κ1) is 17.0. The number of nitrogens with zero attached hydrogens (tertiary/aromatic N) is 6. The third-order valence-corrected chi connectivity index (χ3v) is 4.87. The van der Waals surface area contributed by atoms with Gasteiger partial charge in [0.05, 0.1) is 0 Å². The molecule has 1 saturated heterocycles. The van der Waals surface area contributed by atoms with Gasteiger partial charge in [-0.15, -0.1) is 0 Å². The molecule has 2 aromatic heterocycles. The molecule has 0 N–H and O–H groups in total. The van der Waals surface area contributed by atoms with E-state index in [-0.39, 0.29) is 5.28 Å². The smallest absolute Gasteiger partial charge is 0.225 e. The monoisotopic (exact) mass is 368 g/mol. The molecule has 0 saturated carbocycles. The minimum atomic E-state index is 0.238. The van der Waals surface area contributed by atoms with Crippen molar-refractivity contribution in [2.24, 2.45) is 0 Å². The summed E-state index contributed by atoms with van der Waals surface area (Å²) in [5, 5.41) is 0.238. The van der Waals surface area contributed by atoms with Gasteiger partial charge in [0.15, 0.2) is 11.6 Å². The van der Waals surface area contributed by atoms with E-state index in [2.05, 4.69) is 41.9 Å². The summed E-state index contributed by atoms with van der Waals surface area (Å²) in [7, 11) is 2.01. The Bertz CT molecular complexity index is 895. The quantitative estimate of drug-likeness (QED) is 0.654. The average molecular weight is 369 g/mol. The molecule has 3 aromatic rings. The van der Waals surface area contributed by atoms with Crippen LogP contribution in [0.3, 0.4) is 0 Å². The SMILES string of the molecule is CN(Cc1ccccc1)c1ncnc2c(N3CCCCC3)nc(Cl)nc12. The van der Waals surface area contributed by atoms with Crippen LogP contribution in [0.4, 0.5) is 11.6 Å². The second kappa shape index (κ2) is 7.41. The lowest BCUT2D eigenvalue weighted by molar-refractivity contribution is 0.574. The van der Waals surface area contributed by atoms with E-state index in [1.165, 1.54) is 12.0 Å². The Labute approximate surface area is 157 Å². The molecule has 26 heavy (non-hydrogen) atoms. The van der Waals surface area contributed by atoms with E-state index in [4.69, 9.17) is 11.6 Å². The number of benzene rings is 1. The molecule has 134 valence electrons. The molecule has 7 heteroatoms. The fraction of sp³-hybridized carbons (Fsp3) is 0.368. The Kier molecular flexibility index (Phi) is 4.84. The van der Waals surface area contributed by atoms with Gasteiger partial charge in [0.2, 0.25) is 5.28 Å². The molecule has 4 rings (SSSR count). The number of hydrogen-bond donors (Lipinski definition) is 0. The molecule has 0 unspecified atom stereocenters. The van der Waals surface area contributed by atoms with Crippen LogP contribution in [0.2, 0.25) is 5.28 Å². The van der Waals surface area contributed by atoms with E-state index >= 15 is 0 Å². The topological polar surface area (TPSA) is 58.0 Å². The number of hydrogen-bond acceptors (Lipinski definition) is 6. The molecular weight excluding hydrogens is 348 g/mol. The predicted octanol–water partition coefficient (Wildman–Crippen LogP) is 3.70. The fourth-order valence-corrected chi connectivity index (χ4v) is 3.60. The van der Waals surface area contributed by atoms with Gasteiger partial charge in [-0.3, -0.25) is 0 Å². The maximum atomic E-state index is 6.26.